The lowest BCUT2D eigenvalue weighted by atomic mass is 10.1. The molecule has 33 heavy (non-hydrogen) atoms. The molecule has 2 aromatic carbocycles. The van der Waals surface area contributed by atoms with Gasteiger partial charge in [-0.2, -0.15) is 0 Å². The number of benzene rings is 2. The lowest BCUT2D eigenvalue weighted by molar-refractivity contribution is -0.113. The Morgan fingerprint density at radius 1 is 1.09 bits per heavy atom. The van der Waals surface area contributed by atoms with Crippen molar-refractivity contribution in [3.05, 3.63) is 53.6 Å². The van der Waals surface area contributed by atoms with Gasteiger partial charge in [0.05, 0.1) is 19.3 Å². The van der Waals surface area contributed by atoms with Crippen LogP contribution in [0.1, 0.15) is 29.8 Å². The lowest BCUT2D eigenvalue weighted by Crippen LogP contribution is -2.41. The van der Waals surface area contributed by atoms with E-state index in [1.807, 2.05) is 13.8 Å². The second kappa shape index (κ2) is 10.7. The maximum atomic E-state index is 12.8. The van der Waals surface area contributed by atoms with Gasteiger partial charge in [-0.3, -0.25) is 14.3 Å². The summed E-state index contributed by atoms with van der Waals surface area (Å²) in [6, 6.07) is 11.4. The third-order valence-corrected chi connectivity index (χ3v) is 6.15. The van der Waals surface area contributed by atoms with Crippen LogP contribution in [0.2, 0.25) is 0 Å². The number of amides is 2. The molecule has 0 bridgehead atoms. The summed E-state index contributed by atoms with van der Waals surface area (Å²) in [4.78, 5) is 27.0. The van der Waals surface area contributed by atoms with Crippen LogP contribution in [0.25, 0.3) is 0 Å². The van der Waals surface area contributed by atoms with Gasteiger partial charge in [-0.1, -0.05) is 6.07 Å². The van der Waals surface area contributed by atoms with E-state index in [4.69, 9.17) is 9.47 Å². The van der Waals surface area contributed by atoms with E-state index >= 15 is 0 Å². The molecule has 0 atom stereocenters. The topological polar surface area (TPSA) is 114 Å². The smallest absolute Gasteiger partial charge is 0.254 e. The van der Waals surface area contributed by atoms with E-state index in [0.717, 1.165) is 0 Å². The zero-order chi connectivity index (χ0) is 24.0. The highest BCUT2D eigenvalue weighted by molar-refractivity contribution is 7.93. The Morgan fingerprint density at radius 2 is 1.76 bits per heavy atom. The average molecular weight is 476 g/mol. The first-order valence-electron chi connectivity index (χ1n) is 10.7. The minimum absolute atomic E-state index is 0.00219. The van der Waals surface area contributed by atoms with E-state index in [1.165, 1.54) is 0 Å². The first-order valence-corrected chi connectivity index (χ1v) is 12.3. The van der Waals surface area contributed by atoms with Crippen molar-refractivity contribution in [3.63, 3.8) is 0 Å². The molecule has 0 spiro atoms. The molecule has 0 unspecified atom stereocenters. The molecule has 1 aliphatic heterocycles. The summed E-state index contributed by atoms with van der Waals surface area (Å²) in [5.74, 6) is -1.00. The summed E-state index contributed by atoms with van der Waals surface area (Å²) in [7, 11) is -3.94. The minimum Gasteiger partial charge on any atom is -0.491 e. The van der Waals surface area contributed by atoms with Gasteiger partial charge < -0.3 is 19.7 Å². The number of rotatable bonds is 8. The first kappa shape index (κ1) is 24.5. The Labute approximate surface area is 194 Å². The Balaban J connectivity index is 1.63. The Bertz CT molecular complexity index is 1090. The highest BCUT2D eigenvalue weighted by Gasteiger charge is 2.22. The van der Waals surface area contributed by atoms with Crippen molar-refractivity contribution in [2.75, 3.05) is 42.1 Å². The predicted molar refractivity (Wildman–Crippen MR) is 126 cm³/mol. The Kier molecular flexibility index (Phi) is 7.93. The molecule has 9 nitrogen and oxygen atoms in total. The van der Waals surface area contributed by atoms with Crippen molar-refractivity contribution in [2.45, 2.75) is 26.9 Å². The number of nitrogens with one attached hydrogen (secondary N) is 2. The number of anilines is 2. The van der Waals surface area contributed by atoms with Crippen molar-refractivity contribution >= 4 is 33.2 Å². The largest absolute Gasteiger partial charge is 0.491 e. The number of hydrogen-bond donors (Lipinski definition) is 2. The lowest BCUT2D eigenvalue weighted by Gasteiger charge is -2.27. The highest BCUT2D eigenvalue weighted by Crippen LogP contribution is 2.22. The van der Waals surface area contributed by atoms with E-state index < -0.39 is 21.7 Å². The zero-order valence-corrected chi connectivity index (χ0v) is 19.8. The number of morpholine rings is 1. The summed E-state index contributed by atoms with van der Waals surface area (Å²) < 4.78 is 38.1. The molecule has 0 aromatic heterocycles. The summed E-state index contributed by atoms with van der Waals surface area (Å²) in [5.41, 5.74) is 1.76. The highest BCUT2D eigenvalue weighted by atomic mass is 32.2. The van der Waals surface area contributed by atoms with Gasteiger partial charge in [0.25, 0.3) is 5.91 Å². The van der Waals surface area contributed by atoms with Gasteiger partial charge in [-0.25, -0.2) is 8.42 Å². The second-order valence-electron chi connectivity index (χ2n) is 7.98. The fraction of sp³-hybridized carbons (Fsp3) is 0.391. The standard InChI is InChI=1S/C23H29N3O6S/c1-16(2)32-19-9-7-18(8-10-19)25-33(29,30)15-22(27)24-21-6-4-5-20(17(21)3)23(28)26-11-13-31-14-12-26/h4-10,16,25H,11-15H2,1-3H3,(H,24,27). The molecule has 0 aliphatic carbocycles. The molecule has 0 saturated carbocycles. The molecule has 0 radical (unpaired) electrons. The number of carbonyl (C=O) groups is 2. The van der Waals surface area contributed by atoms with E-state index in [0.29, 0.717) is 54.6 Å². The Morgan fingerprint density at radius 3 is 2.39 bits per heavy atom. The maximum absolute atomic E-state index is 12.8. The van der Waals surface area contributed by atoms with Crippen molar-refractivity contribution in [3.8, 4) is 5.75 Å². The quantitative estimate of drug-likeness (QED) is 0.607. The van der Waals surface area contributed by atoms with Gasteiger partial charge in [0, 0.05) is 30.0 Å². The van der Waals surface area contributed by atoms with Crippen LogP contribution in [0.3, 0.4) is 0 Å². The van der Waals surface area contributed by atoms with E-state index in [-0.39, 0.29) is 12.0 Å². The molecular weight excluding hydrogens is 446 g/mol. The monoisotopic (exact) mass is 475 g/mol. The molecule has 3 rings (SSSR count). The van der Waals surface area contributed by atoms with Gasteiger partial charge >= 0.3 is 0 Å². The van der Waals surface area contributed by atoms with Crippen LogP contribution in [-0.4, -0.2) is 63.3 Å². The normalized spacial score (nSPS) is 14.1. The van der Waals surface area contributed by atoms with Crippen LogP contribution in [-0.2, 0) is 19.6 Å². The van der Waals surface area contributed by atoms with Gasteiger partial charge in [-0.15, -0.1) is 0 Å². The Hall–Kier alpha value is -3.11. The van der Waals surface area contributed by atoms with E-state index in [9.17, 15) is 18.0 Å². The predicted octanol–water partition coefficient (Wildman–Crippen LogP) is 2.64. The summed E-state index contributed by atoms with van der Waals surface area (Å²) in [6.07, 6.45) is 0.00219. The summed E-state index contributed by atoms with van der Waals surface area (Å²) >= 11 is 0. The first-order chi connectivity index (χ1) is 15.6. The number of ether oxygens (including phenoxy) is 2. The van der Waals surface area contributed by atoms with E-state index in [2.05, 4.69) is 10.0 Å². The fourth-order valence-corrected chi connectivity index (χ4v) is 4.37. The van der Waals surface area contributed by atoms with Gasteiger partial charge in [-0.05, 0) is 62.7 Å². The molecule has 1 aliphatic rings. The van der Waals surface area contributed by atoms with Crippen LogP contribution in [0, 0.1) is 6.92 Å². The van der Waals surface area contributed by atoms with Crippen LogP contribution < -0.4 is 14.8 Å². The number of hydrogen-bond acceptors (Lipinski definition) is 6. The molecule has 10 heteroatoms. The number of sulfonamides is 1. The van der Waals surface area contributed by atoms with Gasteiger partial charge in [0.15, 0.2) is 0 Å². The molecule has 1 fully saturated rings. The van der Waals surface area contributed by atoms with Gasteiger partial charge in [0.2, 0.25) is 15.9 Å². The van der Waals surface area contributed by atoms with Crippen LogP contribution in [0.5, 0.6) is 5.75 Å². The van der Waals surface area contributed by atoms with Crippen molar-refractivity contribution in [1.82, 2.24) is 4.90 Å². The van der Waals surface area contributed by atoms with Crippen LogP contribution >= 0.6 is 0 Å². The number of nitrogens with zero attached hydrogens (tertiary/aromatic N) is 1. The number of carbonyl (C=O) groups excluding carboxylic acids is 2. The fourth-order valence-electron chi connectivity index (χ4n) is 3.39. The molecular formula is C23H29N3O6S. The summed E-state index contributed by atoms with van der Waals surface area (Å²) in [5, 5.41) is 2.61. The maximum Gasteiger partial charge on any atom is 0.254 e. The van der Waals surface area contributed by atoms with Crippen molar-refractivity contribution in [2.24, 2.45) is 0 Å². The molecule has 2 N–H and O–H groups in total. The molecule has 2 amide bonds. The molecule has 178 valence electrons. The van der Waals surface area contributed by atoms with Crippen molar-refractivity contribution < 1.29 is 27.5 Å². The SMILES string of the molecule is Cc1c(NC(=O)CS(=O)(=O)Nc2ccc(OC(C)C)cc2)cccc1C(=O)N1CCOCC1. The summed E-state index contributed by atoms with van der Waals surface area (Å²) in [6.45, 7) is 7.49. The minimum atomic E-state index is -3.94. The van der Waals surface area contributed by atoms with Crippen molar-refractivity contribution in [1.29, 1.82) is 0 Å². The molecule has 1 heterocycles. The van der Waals surface area contributed by atoms with Crippen LogP contribution in [0.15, 0.2) is 42.5 Å². The van der Waals surface area contributed by atoms with Gasteiger partial charge in [0.1, 0.15) is 11.5 Å². The molecule has 2 aromatic rings. The third-order valence-electron chi connectivity index (χ3n) is 4.96. The van der Waals surface area contributed by atoms with Crippen LogP contribution in [0.4, 0.5) is 11.4 Å². The third kappa shape index (κ3) is 6.93. The average Bonchev–Trinajstić information content (AvgIpc) is 2.76. The second-order valence-corrected chi connectivity index (χ2v) is 9.71. The van der Waals surface area contributed by atoms with E-state index in [1.54, 1.807) is 54.3 Å². The zero-order valence-electron chi connectivity index (χ0n) is 19.0. The molecule has 1 saturated heterocycles.